The summed E-state index contributed by atoms with van der Waals surface area (Å²) in [4.78, 5) is 14.9. The number of fused-ring (bicyclic) bond motifs is 1. The van der Waals surface area contributed by atoms with Gasteiger partial charge in [-0.2, -0.15) is 0 Å². The van der Waals surface area contributed by atoms with Gasteiger partial charge in [0.15, 0.2) is 0 Å². The molecule has 4 nitrogen and oxygen atoms in total. The van der Waals surface area contributed by atoms with Gasteiger partial charge >= 0.3 is 0 Å². The number of halogens is 1. The first-order valence-corrected chi connectivity index (χ1v) is 9.25. The van der Waals surface area contributed by atoms with Crippen molar-refractivity contribution in [3.8, 4) is 0 Å². The SMILES string of the molecule is COCCNCC(=O)N(Cc1cccc2ccccc12)C1CCCC1.Cl. The maximum atomic E-state index is 12.9. The van der Waals surface area contributed by atoms with Crippen molar-refractivity contribution in [1.82, 2.24) is 10.2 Å². The summed E-state index contributed by atoms with van der Waals surface area (Å²) in [5.74, 6) is 0.191. The number of benzene rings is 2. The number of hydrogen-bond acceptors (Lipinski definition) is 3. The molecule has 142 valence electrons. The predicted octanol–water partition coefficient (Wildman–Crippen LogP) is 3.77. The van der Waals surface area contributed by atoms with Gasteiger partial charge in [0, 0.05) is 26.2 Å². The van der Waals surface area contributed by atoms with Crippen molar-refractivity contribution in [2.45, 2.75) is 38.3 Å². The fourth-order valence-corrected chi connectivity index (χ4v) is 3.72. The standard InChI is InChI=1S/C21H28N2O2.ClH/c1-25-14-13-22-15-21(24)23(19-10-3-4-11-19)16-18-9-6-8-17-7-2-5-12-20(17)18;/h2,5-9,12,19,22H,3-4,10-11,13-16H2,1H3;1H. The molecule has 0 unspecified atom stereocenters. The van der Waals surface area contributed by atoms with Gasteiger partial charge in [-0.05, 0) is 29.2 Å². The smallest absolute Gasteiger partial charge is 0.237 e. The van der Waals surface area contributed by atoms with Crippen LogP contribution in [0.3, 0.4) is 0 Å². The Morgan fingerprint density at radius 1 is 1.15 bits per heavy atom. The molecule has 1 fully saturated rings. The van der Waals surface area contributed by atoms with Crippen molar-refractivity contribution >= 4 is 29.1 Å². The zero-order valence-electron chi connectivity index (χ0n) is 15.4. The van der Waals surface area contributed by atoms with E-state index in [0.717, 1.165) is 12.8 Å². The minimum absolute atomic E-state index is 0. The van der Waals surface area contributed by atoms with Crippen molar-refractivity contribution in [2.75, 3.05) is 26.8 Å². The Bertz CT molecular complexity index is 696. The molecule has 0 aromatic heterocycles. The lowest BCUT2D eigenvalue weighted by molar-refractivity contribution is -0.133. The molecule has 0 atom stereocenters. The quantitative estimate of drug-likeness (QED) is 0.713. The van der Waals surface area contributed by atoms with Gasteiger partial charge in [-0.25, -0.2) is 0 Å². The van der Waals surface area contributed by atoms with Gasteiger partial charge in [0.05, 0.1) is 13.2 Å². The van der Waals surface area contributed by atoms with E-state index in [-0.39, 0.29) is 18.3 Å². The van der Waals surface area contributed by atoms with Gasteiger partial charge in [-0.1, -0.05) is 55.3 Å². The molecule has 1 aliphatic carbocycles. The second kappa shape index (κ2) is 10.5. The first-order valence-electron chi connectivity index (χ1n) is 9.25. The van der Waals surface area contributed by atoms with Gasteiger partial charge < -0.3 is 15.0 Å². The Hall–Kier alpha value is -1.62. The minimum Gasteiger partial charge on any atom is -0.383 e. The summed E-state index contributed by atoms with van der Waals surface area (Å²) in [5, 5.41) is 5.67. The molecule has 2 aromatic carbocycles. The molecule has 0 bridgehead atoms. The molecule has 1 aliphatic rings. The number of ether oxygens (including phenoxy) is 1. The highest BCUT2D eigenvalue weighted by Crippen LogP contribution is 2.27. The van der Waals surface area contributed by atoms with Gasteiger partial charge in [-0.15, -0.1) is 12.4 Å². The number of nitrogens with zero attached hydrogens (tertiary/aromatic N) is 1. The highest BCUT2D eigenvalue weighted by molar-refractivity contribution is 5.86. The van der Waals surface area contributed by atoms with Crippen LogP contribution in [0.5, 0.6) is 0 Å². The van der Waals surface area contributed by atoms with Crippen molar-refractivity contribution in [1.29, 1.82) is 0 Å². The molecule has 1 amide bonds. The normalized spacial score (nSPS) is 14.3. The van der Waals surface area contributed by atoms with Crippen LogP contribution in [-0.4, -0.2) is 43.7 Å². The zero-order valence-corrected chi connectivity index (χ0v) is 16.3. The molecule has 2 aromatic rings. The van der Waals surface area contributed by atoms with Crippen LogP contribution in [-0.2, 0) is 16.1 Å². The van der Waals surface area contributed by atoms with Crippen LogP contribution in [0, 0.1) is 0 Å². The molecular weight excluding hydrogens is 348 g/mol. The third-order valence-electron chi connectivity index (χ3n) is 5.07. The summed E-state index contributed by atoms with van der Waals surface area (Å²) < 4.78 is 5.04. The van der Waals surface area contributed by atoms with Gasteiger partial charge in [0.1, 0.15) is 0 Å². The predicted molar refractivity (Wildman–Crippen MR) is 109 cm³/mol. The number of nitrogens with one attached hydrogen (secondary N) is 1. The lowest BCUT2D eigenvalue weighted by Crippen LogP contribution is -2.43. The van der Waals surface area contributed by atoms with Crippen LogP contribution >= 0.6 is 12.4 Å². The van der Waals surface area contributed by atoms with E-state index >= 15 is 0 Å². The first kappa shape index (κ1) is 20.7. The number of rotatable bonds is 8. The van der Waals surface area contributed by atoms with Crippen LogP contribution in [0.15, 0.2) is 42.5 Å². The zero-order chi connectivity index (χ0) is 17.5. The molecule has 0 heterocycles. The number of carbonyl (C=O) groups excluding carboxylic acids is 1. The van der Waals surface area contributed by atoms with E-state index in [4.69, 9.17) is 4.74 Å². The Morgan fingerprint density at radius 2 is 1.88 bits per heavy atom. The number of carbonyl (C=O) groups is 1. The maximum Gasteiger partial charge on any atom is 0.237 e. The van der Waals surface area contributed by atoms with Crippen LogP contribution in [0.25, 0.3) is 10.8 Å². The van der Waals surface area contributed by atoms with E-state index in [1.54, 1.807) is 7.11 Å². The first-order chi connectivity index (χ1) is 12.3. The monoisotopic (exact) mass is 376 g/mol. The summed E-state index contributed by atoms with van der Waals surface area (Å²) in [6.45, 7) is 2.40. The molecular formula is C21H29ClN2O2. The molecule has 3 rings (SSSR count). The lowest BCUT2D eigenvalue weighted by atomic mass is 10.0. The van der Waals surface area contributed by atoms with Crippen molar-refractivity contribution in [2.24, 2.45) is 0 Å². The van der Waals surface area contributed by atoms with Gasteiger partial charge in [0.2, 0.25) is 5.91 Å². The van der Waals surface area contributed by atoms with Gasteiger partial charge in [0.25, 0.3) is 0 Å². The Morgan fingerprint density at radius 3 is 2.65 bits per heavy atom. The van der Waals surface area contributed by atoms with Crippen LogP contribution in [0.4, 0.5) is 0 Å². The third kappa shape index (κ3) is 5.19. The number of methoxy groups -OCH3 is 1. The summed E-state index contributed by atoms with van der Waals surface area (Å²) in [7, 11) is 1.68. The topological polar surface area (TPSA) is 41.6 Å². The van der Waals surface area contributed by atoms with E-state index in [1.165, 1.54) is 29.2 Å². The second-order valence-corrected chi connectivity index (χ2v) is 6.77. The Labute approximate surface area is 162 Å². The summed E-state index contributed by atoms with van der Waals surface area (Å²) in [6, 6.07) is 15.2. The fraction of sp³-hybridized carbons (Fsp3) is 0.476. The van der Waals surface area contributed by atoms with Crippen molar-refractivity contribution in [3.63, 3.8) is 0 Å². The molecule has 1 N–H and O–H groups in total. The molecule has 1 saturated carbocycles. The average molecular weight is 377 g/mol. The number of amides is 1. The van der Waals surface area contributed by atoms with Gasteiger partial charge in [-0.3, -0.25) is 4.79 Å². The van der Waals surface area contributed by atoms with Crippen molar-refractivity contribution in [3.05, 3.63) is 48.0 Å². The maximum absolute atomic E-state index is 12.9. The summed E-state index contributed by atoms with van der Waals surface area (Å²) in [6.07, 6.45) is 4.69. The highest BCUT2D eigenvalue weighted by atomic mass is 35.5. The third-order valence-corrected chi connectivity index (χ3v) is 5.07. The van der Waals surface area contributed by atoms with Crippen LogP contribution < -0.4 is 5.32 Å². The van der Waals surface area contributed by atoms with E-state index in [9.17, 15) is 4.79 Å². The fourth-order valence-electron chi connectivity index (χ4n) is 3.72. The van der Waals surface area contributed by atoms with Crippen molar-refractivity contribution < 1.29 is 9.53 Å². The number of hydrogen-bond donors (Lipinski definition) is 1. The molecule has 26 heavy (non-hydrogen) atoms. The Balaban J connectivity index is 0.00000243. The molecule has 0 saturated heterocycles. The molecule has 0 spiro atoms. The molecule has 0 aliphatic heterocycles. The van der Waals surface area contributed by atoms with E-state index < -0.39 is 0 Å². The molecule has 0 radical (unpaired) electrons. The lowest BCUT2D eigenvalue weighted by Gasteiger charge is -2.30. The Kier molecular flexibility index (Phi) is 8.36. The summed E-state index contributed by atoms with van der Waals surface area (Å²) >= 11 is 0. The molecule has 5 heteroatoms. The van der Waals surface area contributed by atoms with E-state index in [0.29, 0.717) is 32.3 Å². The van der Waals surface area contributed by atoms with Crippen LogP contribution in [0.1, 0.15) is 31.2 Å². The van der Waals surface area contributed by atoms with E-state index in [2.05, 4.69) is 52.7 Å². The summed E-state index contributed by atoms with van der Waals surface area (Å²) in [5.41, 5.74) is 1.23. The second-order valence-electron chi connectivity index (χ2n) is 6.77. The highest BCUT2D eigenvalue weighted by Gasteiger charge is 2.26. The largest absolute Gasteiger partial charge is 0.383 e. The minimum atomic E-state index is 0. The van der Waals surface area contributed by atoms with Crippen LogP contribution in [0.2, 0.25) is 0 Å². The average Bonchev–Trinajstić information content (AvgIpc) is 3.17. The van der Waals surface area contributed by atoms with E-state index in [1.807, 2.05) is 0 Å².